The van der Waals surface area contributed by atoms with E-state index < -0.39 is 0 Å². The van der Waals surface area contributed by atoms with Crippen molar-refractivity contribution in [2.24, 2.45) is 14.1 Å². The van der Waals surface area contributed by atoms with E-state index in [0.29, 0.717) is 6.04 Å². The normalized spacial score (nSPS) is 14.6. The average Bonchev–Trinajstić information content (AvgIpc) is 3.01. The van der Waals surface area contributed by atoms with Crippen molar-refractivity contribution < 1.29 is 4.42 Å². The summed E-state index contributed by atoms with van der Waals surface area (Å²) in [4.78, 5) is 6.88. The first-order chi connectivity index (χ1) is 11.7. The number of hydrogen-bond acceptors (Lipinski definition) is 6. The molecule has 3 heterocycles. The number of aromatic nitrogens is 5. The van der Waals surface area contributed by atoms with Gasteiger partial charge in [0.2, 0.25) is 0 Å². The first kappa shape index (κ1) is 15.5. The van der Waals surface area contributed by atoms with Crippen molar-refractivity contribution >= 4 is 11.8 Å². The van der Waals surface area contributed by atoms with Crippen LogP contribution in [0.1, 0.15) is 24.4 Å². The molecule has 0 aliphatic heterocycles. The molecule has 0 saturated heterocycles. The Labute approximate surface area is 144 Å². The lowest BCUT2D eigenvalue weighted by molar-refractivity contribution is 0.212. The molecule has 0 spiro atoms. The lowest BCUT2D eigenvalue weighted by Crippen LogP contribution is -2.26. The lowest BCUT2D eigenvalue weighted by atomic mass is 10.3. The molecule has 3 aromatic rings. The van der Waals surface area contributed by atoms with Crippen molar-refractivity contribution in [3.8, 4) is 0 Å². The van der Waals surface area contributed by atoms with Crippen molar-refractivity contribution in [3.63, 3.8) is 0 Å². The molecule has 0 N–H and O–H groups in total. The van der Waals surface area contributed by atoms with Crippen LogP contribution < -0.4 is 0 Å². The first-order valence-electron chi connectivity index (χ1n) is 8.00. The van der Waals surface area contributed by atoms with Crippen LogP contribution in [0, 0.1) is 0 Å². The van der Waals surface area contributed by atoms with Crippen molar-refractivity contribution in [2.45, 2.75) is 42.2 Å². The molecule has 3 aromatic heterocycles. The van der Waals surface area contributed by atoms with E-state index in [2.05, 4.69) is 24.6 Å². The second kappa shape index (κ2) is 6.45. The van der Waals surface area contributed by atoms with E-state index in [4.69, 9.17) is 4.42 Å². The van der Waals surface area contributed by atoms with Crippen LogP contribution in [0.15, 0.2) is 45.5 Å². The van der Waals surface area contributed by atoms with Crippen LogP contribution in [0.4, 0.5) is 0 Å². The Bertz CT molecular complexity index is 818. The van der Waals surface area contributed by atoms with Gasteiger partial charge < -0.3 is 13.6 Å². The third-order valence-electron chi connectivity index (χ3n) is 4.19. The average molecular weight is 344 g/mol. The van der Waals surface area contributed by atoms with Crippen LogP contribution in [0.3, 0.4) is 0 Å². The summed E-state index contributed by atoms with van der Waals surface area (Å²) in [6.07, 6.45) is 8.04. The van der Waals surface area contributed by atoms with Crippen LogP contribution in [0.2, 0.25) is 0 Å². The summed E-state index contributed by atoms with van der Waals surface area (Å²) in [5, 5.41) is 9.62. The van der Waals surface area contributed by atoms with Gasteiger partial charge in [-0.3, -0.25) is 4.90 Å². The summed E-state index contributed by atoms with van der Waals surface area (Å²) in [5.74, 6) is 2.06. The van der Waals surface area contributed by atoms with Crippen LogP contribution in [0.5, 0.6) is 0 Å². The summed E-state index contributed by atoms with van der Waals surface area (Å²) in [5.41, 5.74) is 0. The SMILES string of the molecule is Cn1ccnc1CN(Cc1ccc(Sc2nncn2C)o1)C1CC1. The molecule has 0 unspecified atom stereocenters. The van der Waals surface area contributed by atoms with Gasteiger partial charge in [0, 0.05) is 32.5 Å². The number of imidazole rings is 1. The first-order valence-corrected chi connectivity index (χ1v) is 8.81. The van der Waals surface area contributed by atoms with E-state index in [1.807, 2.05) is 43.2 Å². The van der Waals surface area contributed by atoms with Crippen LogP contribution >= 0.6 is 11.8 Å². The van der Waals surface area contributed by atoms with E-state index in [0.717, 1.165) is 34.9 Å². The highest BCUT2D eigenvalue weighted by molar-refractivity contribution is 7.99. The molecule has 1 aliphatic carbocycles. The summed E-state index contributed by atoms with van der Waals surface area (Å²) in [6, 6.07) is 4.69. The number of hydrogen-bond donors (Lipinski definition) is 0. The molecule has 1 aliphatic rings. The molecule has 0 amide bonds. The third-order valence-corrected chi connectivity index (χ3v) is 5.16. The summed E-state index contributed by atoms with van der Waals surface area (Å²) in [6.45, 7) is 1.65. The Morgan fingerprint density at radius 1 is 1.25 bits per heavy atom. The van der Waals surface area contributed by atoms with Crippen LogP contribution in [0.25, 0.3) is 0 Å². The Morgan fingerprint density at radius 2 is 2.12 bits per heavy atom. The standard InChI is InChI=1S/C16H20N6OS/c1-20-8-7-17-14(20)10-22(12-3-4-12)9-13-5-6-15(23-13)24-16-19-18-11-21(16)2/h5-8,11-12H,3-4,9-10H2,1-2H3. The largest absolute Gasteiger partial charge is 0.453 e. The van der Waals surface area contributed by atoms with Gasteiger partial charge in [0.25, 0.3) is 0 Å². The molecule has 0 radical (unpaired) electrons. The van der Waals surface area contributed by atoms with Gasteiger partial charge in [-0.05, 0) is 36.7 Å². The molecule has 4 rings (SSSR count). The zero-order chi connectivity index (χ0) is 16.5. The molecular formula is C16H20N6OS. The second-order valence-corrected chi connectivity index (χ2v) is 7.11. The van der Waals surface area contributed by atoms with Gasteiger partial charge in [0.15, 0.2) is 10.2 Å². The fourth-order valence-corrected chi connectivity index (χ4v) is 3.38. The summed E-state index contributed by atoms with van der Waals surface area (Å²) < 4.78 is 9.94. The van der Waals surface area contributed by atoms with Crippen LogP contribution in [-0.2, 0) is 27.2 Å². The molecule has 0 bridgehead atoms. The number of aryl methyl sites for hydroxylation is 2. The number of furan rings is 1. The predicted molar refractivity (Wildman–Crippen MR) is 89.3 cm³/mol. The molecule has 7 nitrogen and oxygen atoms in total. The van der Waals surface area contributed by atoms with E-state index in [1.54, 1.807) is 6.33 Å². The van der Waals surface area contributed by atoms with E-state index >= 15 is 0 Å². The summed E-state index contributed by atoms with van der Waals surface area (Å²) >= 11 is 1.49. The Morgan fingerprint density at radius 3 is 2.79 bits per heavy atom. The van der Waals surface area contributed by atoms with Crippen molar-refractivity contribution in [1.29, 1.82) is 0 Å². The highest BCUT2D eigenvalue weighted by atomic mass is 32.2. The minimum Gasteiger partial charge on any atom is -0.453 e. The lowest BCUT2D eigenvalue weighted by Gasteiger charge is -2.20. The maximum atomic E-state index is 5.98. The zero-order valence-electron chi connectivity index (χ0n) is 13.8. The predicted octanol–water partition coefficient (Wildman–Crippen LogP) is 2.46. The Balaban J connectivity index is 1.43. The monoisotopic (exact) mass is 344 g/mol. The molecule has 24 heavy (non-hydrogen) atoms. The molecule has 126 valence electrons. The van der Waals surface area contributed by atoms with Crippen LogP contribution in [-0.4, -0.2) is 35.3 Å². The third kappa shape index (κ3) is 3.39. The Kier molecular flexibility index (Phi) is 4.15. The number of rotatable bonds is 7. The molecule has 1 fully saturated rings. The highest BCUT2D eigenvalue weighted by Gasteiger charge is 2.30. The zero-order valence-corrected chi connectivity index (χ0v) is 14.6. The van der Waals surface area contributed by atoms with E-state index in [-0.39, 0.29) is 0 Å². The van der Waals surface area contributed by atoms with Gasteiger partial charge in [-0.15, -0.1) is 10.2 Å². The maximum absolute atomic E-state index is 5.98. The Hall–Kier alpha value is -2.06. The molecule has 1 saturated carbocycles. The minimum absolute atomic E-state index is 0.640. The molecule has 0 atom stereocenters. The molecule has 8 heteroatoms. The fraction of sp³-hybridized carbons (Fsp3) is 0.438. The molecular weight excluding hydrogens is 324 g/mol. The van der Waals surface area contributed by atoms with Gasteiger partial charge in [-0.2, -0.15) is 0 Å². The maximum Gasteiger partial charge on any atom is 0.198 e. The second-order valence-electron chi connectivity index (χ2n) is 6.14. The minimum atomic E-state index is 0.640. The van der Waals surface area contributed by atoms with Crippen molar-refractivity contribution in [1.82, 2.24) is 29.2 Å². The fourth-order valence-electron chi connectivity index (χ4n) is 2.64. The van der Waals surface area contributed by atoms with Gasteiger partial charge in [0.1, 0.15) is 17.9 Å². The van der Waals surface area contributed by atoms with Gasteiger partial charge in [-0.25, -0.2) is 4.98 Å². The van der Waals surface area contributed by atoms with E-state index in [1.165, 1.54) is 24.6 Å². The van der Waals surface area contributed by atoms with Gasteiger partial charge in [-0.1, -0.05) is 0 Å². The quantitative estimate of drug-likeness (QED) is 0.656. The van der Waals surface area contributed by atoms with Crippen molar-refractivity contribution in [2.75, 3.05) is 0 Å². The van der Waals surface area contributed by atoms with E-state index in [9.17, 15) is 0 Å². The highest BCUT2D eigenvalue weighted by Crippen LogP contribution is 2.32. The summed E-state index contributed by atoms with van der Waals surface area (Å²) in [7, 11) is 3.96. The number of nitrogens with zero attached hydrogens (tertiary/aromatic N) is 6. The smallest absolute Gasteiger partial charge is 0.198 e. The van der Waals surface area contributed by atoms with Crippen molar-refractivity contribution in [3.05, 3.63) is 42.4 Å². The van der Waals surface area contributed by atoms with Gasteiger partial charge in [0.05, 0.1) is 13.1 Å². The molecule has 0 aromatic carbocycles. The topological polar surface area (TPSA) is 64.9 Å². The van der Waals surface area contributed by atoms with Gasteiger partial charge >= 0.3 is 0 Å².